The highest BCUT2D eigenvalue weighted by atomic mass is 32.2. The van der Waals surface area contributed by atoms with E-state index in [9.17, 15) is 9.18 Å². The number of nitrogens with two attached hydrogens (primary N) is 1. The predicted octanol–water partition coefficient (Wildman–Crippen LogP) is 1.95. The van der Waals surface area contributed by atoms with E-state index in [4.69, 9.17) is 15.2 Å². The second kappa shape index (κ2) is 5.67. The maximum Gasteiger partial charge on any atom is 0.415 e. The highest BCUT2D eigenvalue weighted by molar-refractivity contribution is 7.99. The first kappa shape index (κ1) is 15.6. The van der Waals surface area contributed by atoms with Gasteiger partial charge < -0.3 is 20.1 Å². The third-order valence-electron chi connectivity index (χ3n) is 5.66. The molecular formula is C17H20FN3O3S. The summed E-state index contributed by atoms with van der Waals surface area (Å²) >= 11 is 1.95. The van der Waals surface area contributed by atoms with E-state index in [0.29, 0.717) is 35.8 Å². The third-order valence-corrected chi connectivity index (χ3v) is 6.90. The molecule has 0 saturated carbocycles. The van der Waals surface area contributed by atoms with Gasteiger partial charge in [-0.1, -0.05) is 0 Å². The summed E-state index contributed by atoms with van der Waals surface area (Å²) in [4.78, 5) is 15.9. The van der Waals surface area contributed by atoms with Crippen LogP contribution < -0.4 is 20.3 Å². The van der Waals surface area contributed by atoms with Crippen LogP contribution in [0.4, 0.5) is 20.6 Å². The van der Waals surface area contributed by atoms with Crippen molar-refractivity contribution >= 4 is 29.2 Å². The topological polar surface area (TPSA) is 68.0 Å². The predicted molar refractivity (Wildman–Crippen MR) is 94.1 cm³/mol. The maximum atomic E-state index is 15.0. The van der Waals surface area contributed by atoms with Crippen molar-refractivity contribution in [2.75, 3.05) is 34.5 Å². The average Bonchev–Trinajstić information content (AvgIpc) is 3.07. The van der Waals surface area contributed by atoms with Crippen molar-refractivity contribution in [3.63, 3.8) is 0 Å². The zero-order valence-electron chi connectivity index (χ0n) is 13.7. The molecule has 8 heteroatoms. The molecule has 3 saturated heterocycles. The second-order valence-corrected chi connectivity index (χ2v) is 8.08. The van der Waals surface area contributed by atoms with Gasteiger partial charge in [0.05, 0.1) is 11.4 Å². The monoisotopic (exact) mass is 365 g/mol. The van der Waals surface area contributed by atoms with Crippen LogP contribution in [0.15, 0.2) is 12.1 Å². The summed E-state index contributed by atoms with van der Waals surface area (Å²) in [5.74, 6) is 2.30. The SMILES string of the molecule is NC[C@@H]1OC(=O)N2c3cc(F)c(N4[C@@H]5CC[C@H]4CSC5)cc3OC[C@@H]12. The molecule has 5 rings (SSSR count). The molecule has 2 N–H and O–H groups in total. The van der Waals surface area contributed by atoms with Crippen LogP contribution in [-0.4, -0.2) is 55.0 Å². The van der Waals surface area contributed by atoms with Crippen molar-refractivity contribution in [1.29, 1.82) is 0 Å². The number of hydrogen-bond donors (Lipinski definition) is 1. The number of hydrogen-bond acceptors (Lipinski definition) is 6. The Labute approximate surface area is 149 Å². The van der Waals surface area contributed by atoms with Crippen molar-refractivity contribution in [2.24, 2.45) is 5.73 Å². The van der Waals surface area contributed by atoms with Crippen LogP contribution in [0, 0.1) is 5.82 Å². The van der Waals surface area contributed by atoms with Gasteiger partial charge in [-0.05, 0) is 12.8 Å². The molecule has 4 aliphatic heterocycles. The van der Waals surface area contributed by atoms with Gasteiger partial charge in [-0.25, -0.2) is 9.18 Å². The summed E-state index contributed by atoms with van der Waals surface area (Å²) in [5.41, 5.74) is 6.70. The quantitative estimate of drug-likeness (QED) is 0.864. The zero-order valence-corrected chi connectivity index (χ0v) is 14.5. The fraction of sp³-hybridized carbons (Fsp3) is 0.588. The molecule has 1 aromatic carbocycles. The van der Waals surface area contributed by atoms with Gasteiger partial charge in [0.2, 0.25) is 0 Å². The number of benzene rings is 1. The number of fused-ring (bicyclic) bond motifs is 5. The Balaban J connectivity index is 1.54. The number of carbonyl (C=O) groups excluding carboxylic acids is 1. The number of ether oxygens (including phenoxy) is 2. The van der Waals surface area contributed by atoms with Crippen LogP contribution in [0.1, 0.15) is 12.8 Å². The molecule has 3 fully saturated rings. The second-order valence-electron chi connectivity index (χ2n) is 7.01. The molecular weight excluding hydrogens is 345 g/mol. The number of cyclic esters (lactones) is 1. The van der Waals surface area contributed by atoms with E-state index in [0.717, 1.165) is 24.3 Å². The number of anilines is 2. The van der Waals surface area contributed by atoms with Crippen molar-refractivity contribution in [1.82, 2.24) is 0 Å². The highest BCUT2D eigenvalue weighted by Gasteiger charge is 2.47. The van der Waals surface area contributed by atoms with E-state index >= 15 is 0 Å². The van der Waals surface area contributed by atoms with Crippen LogP contribution in [0.25, 0.3) is 0 Å². The number of halogens is 1. The first-order chi connectivity index (χ1) is 12.2. The van der Waals surface area contributed by atoms with E-state index in [-0.39, 0.29) is 18.4 Å². The Bertz CT molecular complexity index is 717. The van der Waals surface area contributed by atoms with Gasteiger partial charge in [0.15, 0.2) is 0 Å². The van der Waals surface area contributed by atoms with Gasteiger partial charge >= 0.3 is 6.09 Å². The Morgan fingerprint density at radius 3 is 2.72 bits per heavy atom. The minimum Gasteiger partial charge on any atom is -0.489 e. The van der Waals surface area contributed by atoms with E-state index < -0.39 is 12.2 Å². The Kier molecular flexibility index (Phi) is 3.53. The van der Waals surface area contributed by atoms with E-state index in [2.05, 4.69) is 4.90 Å². The Morgan fingerprint density at radius 1 is 1.24 bits per heavy atom. The number of thioether (sulfide) groups is 1. The summed E-state index contributed by atoms with van der Waals surface area (Å²) in [5, 5.41) is 0. The molecule has 2 bridgehead atoms. The molecule has 25 heavy (non-hydrogen) atoms. The van der Waals surface area contributed by atoms with Gasteiger partial charge in [-0.15, -0.1) is 0 Å². The highest BCUT2D eigenvalue weighted by Crippen LogP contribution is 2.45. The Morgan fingerprint density at radius 2 is 2.00 bits per heavy atom. The molecule has 0 unspecified atom stereocenters. The lowest BCUT2D eigenvalue weighted by Gasteiger charge is -2.38. The number of nitrogens with zero attached hydrogens (tertiary/aromatic N) is 2. The van der Waals surface area contributed by atoms with Crippen LogP contribution in [0.3, 0.4) is 0 Å². The lowest BCUT2D eigenvalue weighted by molar-refractivity contribution is 0.126. The van der Waals surface area contributed by atoms with Gasteiger partial charge in [-0.2, -0.15) is 11.8 Å². The summed E-state index contributed by atoms with van der Waals surface area (Å²) in [6.07, 6.45) is 1.31. The summed E-state index contributed by atoms with van der Waals surface area (Å²) in [6, 6.07) is 3.64. The molecule has 0 spiro atoms. The van der Waals surface area contributed by atoms with Gasteiger partial charge in [0.25, 0.3) is 0 Å². The van der Waals surface area contributed by atoms with Crippen molar-refractivity contribution < 1.29 is 18.7 Å². The molecule has 4 heterocycles. The normalized spacial score (nSPS) is 33.0. The summed E-state index contributed by atoms with van der Waals surface area (Å²) in [7, 11) is 0. The Hall–Kier alpha value is -1.67. The average molecular weight is 365 g/mol. The van der Waals surface area contributed by atoms with E-state index in [1.54, 1.807) is 6.07 Å². The molecule has 0 aromatic heterocycles. The molecule has 0 aliphatic carbocycles. The largest absolute Gasteiger partial charge is 0.489 e. The lowest BCUT2D eigenvalue weighted by Crippen LogP contribution is -2.47. The summed E-state index contributed by atoms with van der Waals surface area (Å²) < 4.78 is 26.2. The minimum absolute atomic E-state index is 0.223. The standard InChI is InChI=1S/C17H20FN3O3S/c18-11-3-13-15(23-6-14-16(5-19)24-17(22)21(13)14)4-12(11)20-9-1-2-10(20)8-25-7-9/h3-4,9-10,14,16H,1-2,5-8,19H2/t9-,10+,14-,16-/m0/s1. The lowest BCUT2D eigenvalue weighted by atomic mass is 10.1. The molecule has 1 aromatic rings. The first-order valence-electron chi connectivity index (χ1n) is 8.69. The maximum absolute atomic E-state index is 15.0. The zero-order chi connectivity index (χ0) is 17.1. The summed E-state index contributed by atoms with van der Waals surface area (Å²) in [6.45, 7) is 0.537. The number of rotatable bonds is 2. The molecule has 134 valence electrons. The third kappa shape index (κ3) is 2.23. The molecule has 4 aliphatic rings. The molecule has 6 nitrogen and oxygen atoms in total. The fourth-order valence-corrected chi connectivity index (χ4v) is 5.80. The van der Waals surface area contributed by atoms with Gasteiger partial charge in [0.1, 0.15) is 30.3 Å². The number of amides is 1. The van der Waals surface area contributed by atoms with Crippen LogP contribution in [-0.2, 0) is 4.74 Å². The van der Waals surface area contributed by atoms with Crippen LogP contribution in [0.5, 0.6) is 5.75 Å². The van der Waals surface area contributed by atoms with Crippen molar-refractivity contribution in [3.8, 4) is 5.75 Å². The van der Waals surface area contributed by atoms with Crippen LogP contribution in [0.2, 0.25) is 0 Å². The van der Waals surface area contributed by atoms with Crippen molar-refractivity contribution in [2.45, 2.75) is 37.1 Å². The minimum atomic E-state index is -0.480. The van der Waals surface area contributed by atoms with Crippen molar-refractivity contribution in [3.05, 3.63) is 17.9 Å². The smallest absolute Gasteiger partial charge is 0.415 e. The molecule has 0 radical (unpaired) electrons. The van der Waals surface area contributed by atoms with E-state index in [1.807, 2.05) is 11.8 Å². The van der Waals surface area contributed by atoms with Crippen LogP contribution >= 0.6 is 11.8 Å². The molecule has 1 amide bonds. The molecule has 4 atom stereocenters. The van der Waals surface area contributed by atoms with Gasteiger partial charge in [-0.3, -0.25) is 4.90 Å². The number of carbonyl (C=O) groups is 1. The first-order valence-corrected chi connectivity index (χ1v) is 9.85. The van der Waals surface area contributed by atoms with E-state index in [1.165, 1.54) is 11.0 Å². The van der Waals surface area contributed by atoms with Gasteiger partial charge in [0, 0.05) is 42.3 Å². The fourth-order valence-electron chi connectivity index (χ4n) is 4.46.